The van der Waals surface area contributed by atoms with E-state index >= 15 is 0 Å². The fourth-order valence-electron chi connectivity index (χ4n) is 1.30. The van der Waals surface area contributed by atoms with E-state index in [-0.39, 0.29) is 11.6 Å². The second kappa shape index (κ2) is 6.51. The number of nitrogens with two attached hydrogens (primary N) is 1. The van der Waals surface area contributed by atoms with Crippen LogP contribution in [-0.2, 0) is 4.79 Å². The molecule has 2 aromatic rings. The topological polar surface area (TPSA) is 80.9 Å². The molecule has 0 aliphatic heterocycles. The molecule has 1 aromatic heterocycles. The predicted octanol–water partition coefficient (Wildman–Crippen LogP) is 3.14. The minimum atomic E-state index is -0.495. The number of hydrogen-bond donors (Lipinski definition) is 2. The molecule has 1 atom stereocenters. The standard InChI is InChI=1S/C11H10BrFN4OS2/c1-5(19-11-17-16-10(14)20-11)9(18)15-8-3-2-6(12)4-7(8)13/h2-5H,1H3,(H2,14,16)(H,15,18)/t5-/m1/s1. The van der Waals surface area contributed by atoms with E-state index in [0.717, 1.165) is 0 Å². The maximum Gasteiger partial charge on any atom is 0.237 e. The lowest BCUT2D eigenvalue weighted by molar-refractivity contribution is -0.115. The van der Waals surface area contributed by atoms with E-state index in [1.54, 1.807) is 13.0 Å². The van der Waals surface area contributed by atoms with Gasteiger partial charge in [0.05, 0.1) is 10.9 Å². The fourth-order valence-corrected chi connectivity index (χ4v) is 3.41. The van der Waals surface area contributed by atoms with E-state index in [4.69, 9.17) is 5.73 Å². The van der Waals surface area contributed by atoms with Crippen LogP contribution in [0.5, 0.6) is 0 Å². The first-order chi connectivity index (χ1) is 9.45. The maximum atomic E-state index is 13.6. The van der Waals surface area contributed by atoms with Crippen LogP contribution in [0.15, 0.2) is 27.0 Å². The Morgan fingerprint density at radius 3 is 2.90 bits per heavy atom. The molecule has 0 bridgehead atoms. The van der Waals surface area contributed by atoms with Crippen LogP contribution in [0.25, 0.3) is 0 Å². The monoisotopic (exact) mass is 376 g/mol. The molecule has 0 aliphatic carbocycles. The van der Waals surface area contributed by atoms with Gasteiger partial charge in [-0.3, -0.25) is 4.79 Å². The summed E-state index contributed by atoms with van der Waals surface area (Å²) in [4.78, 5) is 12.0. The van der Waals surface area contributed by atoms with Crippen molar-refractivity contribution in [1.82, 2.24) is 10.2 Å². The van der Waals surface area contributed by atoms with E-state index in [0.29, 0.717) is 13.9 Å². The van der Waals surface area contributed by atoms with Crippen LogP contribution in [0.4, 0.5) is 15.2 Å². The maximum absolute atomic E-state index is 13.6. The molecule has 0 saturated heterocycles. The average molecular weight is 377 g/mol. The minimum Gasteiger partial charge on any atom is -0.374 e. The van der Waals surface area contributed by atoms with Gasteiger partial charge in [0, 0.05) is 4.47 Å². The van der Waals surface area contributed by atoms with Crippen molar-refractivity contribution < 1.29 is 9.18 Å². The first kappa shape index (κ1) is 15.2. The number of nitrogens with one attached hydrogen (secondary N) is 1. The van der Waals surface area contributed by atoms with Gasteiger partial charge in [-0.15, -0.1) is 10.2 Å². The van der Waals surface area contributed by atoms with Gasteiger partial charge in [-0.2, -0.15) is 0 Å². The van der Waals surface area contributed by atoms with Gasteiger partial charge in [-0.05, 0) is 25.1 Å². The number of nitrogens with zero attached hydrogens (tertiary/aromatic N) is 2. The Morgan fingerprint density at radius 2 is 2.30 bits per heavy atom. The minimum absolute atomic E-state index is 0.141. The highest BCUT2D eigenvalue weighted by Gasteiger charge is 2.18. The van der Waals surface area contributed by atoms with E-state index in [1.807, 2.05) is 0 Å². The molecular weight excluding hydrogens is 367 g/mol. The number of thioether (sulfide) groups is 1. The second-order valence-electron chi connectivity index (χ2n) is 3.78. The zero-order valence-corrected chi connectivity index (χ0v) is 13.5. The molecule has 0 fully saturated rings. The van der Waals surface area contributed by atoms with E-state index in [1.165, 1.54) is 35.2 Å². The number of nitrogen functional groups attached to an aromatic ring is 1. The van der Waals surface area contributed by atoms with Crippen LogP contribution in [0.2, 0.25) is 0 Å². The molecule has 3 N–H and O–H groups in total. The molecule has 20 heavy (non-hydrogen) atoms. The van der Waals surface area contributed by atoms with Crippen LogP contribution >= 0.6 is 39.0 Å². The van der Waals surface area contributed by atoms with Crippen molar-refractivity contribution in [2.24, 2.45) is 0 Å². The van der Waals surface area contributed by atoms with Crippen molar-refractivity contribution >= 4 is 55.8 Å². The Morgan fingerprint density at radius 1 is 1.55 bits per heavy atom. The van der Waals surface area contributed by atoms with Crippen LogP contribution in [0.1, 0.15) is 6.92 Å². The van der Waals surface area contributed by atoms with Crippen molar-refractivity contribution in [2.45, 2.75) is 16.5 Å². The largest absolute Gasteiger partial charge is 0.374 e. The molecular formula is C11H10BrFN4OS2. The number of halogens is 2. The molecule has 0 saturated carbocycles. The summed E-state index contributed by atoms with van der Waals surface area (Å²) in [5.41, 5.74) is 5.61. The molecule has 0 spiro atoms. The molecule has 1 amide bonds. The third kappa shape index (κ3) is 3.90. The predicted molar refractivity (Wildman–Crippen MR) is 82.4 cm³/mol. The summed E-state index contributed by atoms with van der Waals surface area (Å²) < 4.78 is 14.8. The van der Waals surface area contributed by atoms with Crippen molar-refractivity contribution in [3.63, 3.8) is 0 Å². The van der Waals surface area contributed by atoms with Crippen molar-refractivity contribution in [2.75, 3.05) is 11.1 Å². The number of hydrogen-bond acceptors (Lipinski definition) is 6. The summed E-state index contributed by atoms with van der Waals surface area (Å²) >= 11 is 5.58. The Bertz CT molecular complexity index is 637. The highest BCUT2D eigenvalue weighted by atomic mass is 79.9. The van der Waals surface area contributed by atoms with Gasteiger partial charge in [0.2, 0.25) is 11.0 Å². The van der Waals surface area contributed by atoms with E-state index < -0.39 is 11.1 Å². The normalized spacial score (nSPS) is 12.2. The van der Waals surface area contributed by atoms with Crippen LogP contribution < -0.4 is 11.1 Å². The molecule has 0 radical (unpaired) electrons. The highest BCUT2D eigenvalue weighted by Crippen LogP contribution is 2.28. The molecule has 1 aromatic carbocycles. The van der Waals surface area contributed by atoms with Crippen LogP contribution in [0, 0.1) is 5.82 Å². The quantitative estimate of drug-likeness (QED) is 0.801. The van der Waals surface area contributed by atoms with Crippen molar-refractivity contribution in [3.05, 3.63) is 28.5 Å². The average Bonchev–Trinajstić information content (AvgIpc) is 2.78. The zero-order chi connectivity index (χ0) is 14.7. The third-order valence-electron chi connectivity index (χ3n) is 2.26. The van der Waals surface area contributed by atoms with Gasteiger partial charge in [0.15, 0.2) is 4.34 Å². The first-order valence-electron chi connectivity index (χ1n) is 5.47. The van der Waals surface area contributed by atoms with Gasteiger partial charge in [-0.25, -0.2) is 4.39 Å². The van der Waals surface area contributed by atoms with E-state index in [2.05, 4.69) is 31.4 Å². The smallest absolute Gasteiger partial charge is 0.237 e. The molecule has 5 nitrogen and oxygen atoms in total. The molecule has 0 unspecified atom stereocenters. The lowest BCUT2D eigenvalue weighted by atomic mass is 10.3. The lowest BCUT2D eigenvalue weighted by Gasteiger charge is -2.11. The number of aromatic nitrogens is 2. The Kier molecular flexibility index (Phi) is 4.95. The molecule has 1 heterocycles. The van der Waals surface area contributed by atoms with Crippen LogP contribution in [-0.4, -0.2) is 21.4 Å². The fraction of sp³-hybridized carbons (Fsp3) is 0.182. The number of carbonyl (C=O) groups excluding carboxylic acids is 1. The van der Waals surface area contributed by atoms with Gasteiger partial charge in [-0.1, -0.05) is 39.0 Å². The zero-order valence-electron chi connectivity index (χ0n) is 10.3. The van der Waals surface area contributed by atoms with Gasteiger partial charge < -0.3 is 11.1 Å². The Labute approximate surface area is 131 Å². The summed E-state index contributed by atoms with van der Waals surface area (Å²) in [5.74, 6) is -0.810. The third-order valence-corrected chi connectivity index (χ3v) is 4.69. The van der Waals surface area contributed by atoms with Crippen LogP contribution in [0.3, 0.4) is 0 Å². The SMILES string of the molecule is C[C@@H](Sc1nnc(N)s1)C(=O)Nc1ccc(Br)cc1F. The lowest BCUT2D eigenvalue weighted by Crippen LogP contribution is -2.22. The Balaban J connectivity index is 2.00. The summed E-state index contributed by atoms with van der Waals surface area (Å²) in [7, 11) is 0. The molecule has 0 aliphatic rings. The summed E-state index contributed by atoms with van der Waals surface area (Å²) in [6.45, 7) is 1.70. The number of carbonyl (C=O) groups is 1. The van der Waals surface area contributed by atoms with Crippen molar-refractivity contribution in [3.8, 4) is 0 Å². The summed E-state index contributed by atoms with van der Waals surface area (Å²) in [6, 6.07) is 4.44. The number of rotatable bonds is 4. The summed E-state index contributed by atoms with van der Waals surface area (Å²) in [6.07, 6.45) is 0. The number of benzene rings is 1. The molecule has 106 valence electrons. The molecule has 9 heteroatoms. The highest BCUT2D eigenvalue weighted by molar-refractivity contribution is 9.10. The van der Waals surface area contributed by atoms with Gasteiger partial charge in [0.25, 0.3) is 0 Å². The first-order valence-corrected chi connectivity index (χ1v) is 7.96. The second-order valence-corrected chi connectivity index (χ2v) is 7.29. The number of anilines is 2. The number of amides is 1. The molecule has 2 rings (SSSR count). The Hall–Kier alpha value is -1.19. The van der Waals surface area contributed by atoms with Gasteiger partial charge >= 0.3 is 0 Å². The van der Waals surface area contributed by atoms with Gasteiger partial charge in [0.1, 0.15) is 5.82 Å². The van der Waals surface area contributed by atoms with Crippen molar-refractivity contribution in [1.29, 1.82) is 0 Å². The summed E-state index contributed by atoms with van der Waals surface area (Å²) in [5, 5.41) is 9.93. The van der Waals surface area contributed by atoms with E-state index in [9.17, 15) is 9.18 Å².